The quantitative estimate of drug-likeness (QED) is 0.786. The number of hydrogen-bond acceptors (Lipinski definition) is 2. The molecule has 0 spiro atoms. The van der Waals surface area contributed by atoms with E-state index in [9.17, 15) is 0 Å². The highest BCUT2D eigenvalue weighted by atomic mass is 79.9. The number of rotatable bonds is 8. The molecule has 0 aliphatic rings. The van der Waals surface area contributed by atoms with Crippen LogP contribution >= 0.6 is 15.9 Å². The number of nitrogens with zero attached hydrogens (tertiary/aromatic N) is 2. The standard InChI is InChI=1S/C15H28BrN3/c1-6-13-15(16)14(19(8-3)18-13)10-11(4)9-12(5)17-7-2/h11-12,17H,6-10H2,1-5H3. The highest BCUT2D eigenvalue weighted by Gasteiger charge is 2.17. The van der Waals surface area contributed by atoms with E-state index in [2.05, 4.69) is 65.6 Å². The second-order valence-corrected chi connectivity index (χ2v) is 6.17. The van der Waals surface area contributed by atoms with E-state index in [0.29, 0.717) is 12.0 Å². The summed E-state index contributed by atoms with van der Waals surface area (Å²) in [6, 6.07) is 0.586. The largest absolute Gasteiger partial charge is 0.315 e. The maximum absolute atomic E-state index is 4.67. The Kier molecular flexibility index (Phi) is 7.08. The summed E-state index contributed by atoms with van der Waals surface area (Å²) in [7, 11) is 0. The molecule has 4 heteroatoms. The van der Waals surface area contributed by atoms with Gasteiger partial charge in [-0.15, -0.1) is 0 Å². The summed E-state index contributed by atoms with van der Waals surface area (Å²) >= 11 is 3.73. The molecular formula is C15H28BrN3. The fourth-order valence-corrected chi connectivity index (χ4v) is 3.39. The Labute approximate surface area is 126 Å². The lowest BCUT2D eigenvalue weighted by Crippen LogP contribution is -2.28. The van der Waals surface area contributed by atoms with Gasteiger partial charge in [-0.3, -0.25) is 4.68 Å². The SMILES string of the molecule is CCNC(C)CC(C)Cc1c(Br)c(CC)nn1CC. The van der Waals surface area contributed by atoms with Gasteiger partial charge in [-0.2, -0.15) is 5.10 Å². The Hall–Kier alpha value is -0.350. The van der Waals surface area contributed by atoms with Crippen molar-refractivity contribution >= 4 is 15.9 Å². The molecule has 1 aromatic rings. The third kappa shape index (κ3) is 4.60. The monoisotopic (exact) mass is 329 g/mol. The van der Waals surface area contributed by atoms with Crippen molar-refractivity contribution in [2.45, 2.75) is 66.5 Å². The predicted molar refractivity (Wildman–Crippen MR) is 85.6 cm³/mol. The molecule has 0 aliphatic carbocycles. The minimum absolute atomic E-state index is 0.586. The van der Waals surface area contributed by atoms with Crippen LogP contribution in [0.25, 0.3) is 0 Å². The Balaban J connectivity index is 2.72. The van der Waals surface area contributed by atoms with Gasteiger partial charge in [0.1, 0.15) is 0 Å². The molecule has 0 radical (unpaired) electrons. The summed E-state index contributed by atoms with van der Waals surface area (Å²) < 4.78 is 3.37. The molecule has 0 fully saturated rings. The zero-order valence-electron chi connectivity index (χ0n) is 13.0. The van der Waals surface area contributed by atoms with Crippen molar-refractivity contribution < 1.29 is 0 Å². The van der Waals surface area contributed by atoms with Crippen LogP contribution in [0.4, 0.5) is 0 Å². The van der Waals surface area contributed by atoms with E-state index in [-0.39, 0.29) is 0 Å². The lowest BCUT2D eigenvalue weighted by atomic mass is 9.97. The van der Waals surface area contributed by atoms with Crippen molar-refractivity contribution in [3.8, 4) is 0 Å². The smallest absolute Gasteiger partial charge is 0.0766 e. The fourth-order valence-electron chi connectivity index (χ4n) is 2.66. The second kappa shape index (κ2) is 8.05. The maximum Gasteiger partial charge on any atom is 0.0766 e. The number of aromatic nitrogens is 2. The van der Waals surface area contributed by atoms with Crippen LogP contribution in [0.1, 0.15) is 52.4 Å². The topological polar surface area (TPSA) is 29.9 Å². The molecule has 0 amide bonds. The molecule has 0 saturated heterocycles. The van der Waals surface area contributed by atoms with E-state index in [4.69, 9.17) is 0 Å². The third-order valence-electron chi connectivity index (χ3n) is 3.54. The van der Waals surface area contributed by atoms with Crippen LogP contribution in [-0.2, 0) is 19.4 Å². The molecule has 0 bridgehead atoms. The molecule has 2 unspecified atom stereocenters. The first-order chi connectivity index (χ1) is 9.03. The van der Waals surface area contributed by atoms with Crippen molar-refractivity contribution in [3.63, 3.8) is 0 Å². The second-order valence-electron chi connectivity index (χ2n) is 5.38. The number of hydrogen-bond donors (Lipinski definition) is 1. The van der Waals surface area contributed by atoms with Crippen LogP contribution < -0.4 is 5.32 Å². The van der Waals surface area contributed by atoms with E-state index in [1.54, 1.807) is 0 Å². The Morgan fingerprint density at radius 3 is 2.47 bits per heavy atom. The van der Waals surface area contributed by atoms with E-state index in [0.717, 1.165) is 25.9 Å². The highest BCUT2D eigenvalue weighted by Crippen LogP contribution is 2.26. The van der Waals surface area contributed by atoms with E-state index in [1.807, 2.05) is 0 Å². The molecule has 1 aromatic heterocycles. The molecule has 3 nitrogen and oxygen atoms in total. The summed E-state index contributed by atoms with van der Waals surface area (Å²) in [6.07, 6.45) is 3.29. The van der Waals surface area contributed by atoms with Crippen LogP contribution in [0.2, 0.25) is 0 Å². The Bertz CT molecular complexity index is 387. The molecule has 0 saturated carbocycles. The normalized spacial score (nSPS) is 14.6. The molecule has 19 heavy (non-hydrogen) atoms. The van der Waals surface area contributed by atoms with E-state index in [1.165, 1.54) is 22.3 Å². The molecule has 0 aromatic carbocycles. The van der Waals surface area contributed by atoms with Gasteiger partial charge in [0.2, 0.25) is 0 Å². The number of nitrogens with one attached hydrogen (secondary N) is 1. The van der Waals surface area contributed by atoms with Crippen LogP contribution in [0.15, 0.2) is 4.47 Å². The molecule has 1 heterocycles. The lowest BCUT2D eigenvalue weighted by molar-refractivity contribution is 0.416. The van der Waals surface area contributed by atoms with Crippen LogP contribution in [0.3, 0.4) is 0 Å². The molecular weight excluding hydrogens is 302 g/mol. The van der Waals surface area contributed by atoms with Gasteiger partial charge in [-0.25, -0.2) is 0 Å². The Morgan fingerprint density at radius 2 is 1.95 bits per heavy atom. The lowest BCUT2D eigenvalue weighted by Gasteiger charge is -2.18. The van der Waals surface area contributed by atoms with Crippen LogP contribution in [0.5, 0.6) is 0 Å². The van der Waals surface area contributed by atoms with Gasteiger partial charge in [0.05, 0.1) is 15.9 Å². The molecule has 1 rings (SSSR count). The Morgan fingerprint density at radius 1 is 1.26 bits per heavy atom. The zero-order valence-corrected chi connectivity index (χ0v) is 14.5. The first-order valence-corrected chi connectivity index (χ1v) is 8.30. The maximum atomic E-state index is 4.67. The van der Waals surface area contributed by atoms with Gasteiger partial charge < -0.3 is 5.32 Å². The number of halogens is 1. The first kappa shape index (κ1) is 16.7. The third-order valence-corrected chi connectivity index (χ3v) is 4.46. The molecule has 110 valence electrons. The van der Waals surface area contributed by atoms with Gasteiger partial charge in [0.25, 0.3) is 0 Å². The fraction of sp³-hybridized carbons (Fsp3) is 0.800. The highest BCUT2D eigenvalue weighted by molar-refractivity contribution is 9.10. The average molecular weight is 330 g/mol. The van der Waals surface area contributed by atoms with Crippen molar-refractivity contribution in [3.05, 3.63) is 15.9 Å². The summed E-state index contributed by atoms with van der Waals surface area (Å²) in [6.45, 7) is 13.1. The summed E-state index contributed by atoms with van der Waals surface area (Å²) in [5.41, 5.74) is 2.54. The zero-order chi connectivity index (χ0) is 14.4. The van der Waals surface area contributed by atoms with Crippen molar-refractivity contribution in [1.82, 2.24) is 15.1 Å². The molecule has 2 atom stereocenters. The summed E-state index contributed by atoms with van der Waals surface area (Å²) in [4.78, 5) is 0. The van der Waals surface area contributed by atoms with Gasteiger partial charge in [0, 0.05) is 12.6 Å². The van der Waals surface area contributed by atoms with Gasteiger partial charge >= 0.3 is 0 Å². The summed E-state index contributed by atoms with van der Waals surface area (Å²) in [5.74, 6) is 0.664. The van der Waals surface area contributed by atoms with Crippen molar-refractivity contribution in [1.29, 1.82) is 0 Å². The minimum atomic E-state index is 0.586. The molecule has 1 N–H and O–H groups in total. The van der Waals surface area contributed by atoms with Gasteiger partial charge in [-0.1, -0.05) is 20.8 Å². The first-order valence-electron chi connectivity index (χ1n) is 7.50. The van der Waals surface area contributed by atoms with E-state index >= 15 is 0 Å². The number of aryl methyl sites for hydroxylation is 2. The van der Waals surface area contributed by atoms with Crippen LogP contribution in [0, 0.1) is 5.92 Å². The predicted octanol–water partition coefficient (Wildman–Crippen LogP) is 3.79. The van der Waals surface area contributed by atoms with Crippen molar-refractivity contribution in [2.24, 2.45) is 5.92 Å². The summed E-state index contributed by atoms with van der Waals surface area (Å²) in [5, 5.41) is 8.16. The van der Waals surface area contributed by atoms with Crippen molar-refractivity contribution in [2.75, 3.05) is 6.54 Å². The van der Waals surface area contributed by atoms with E-state index < -0.39 is 0 Å². The van der Waals surface area contributed by atoms with Gasteiger partial charge in [-0.05, 0) is 61.5 Å². The van der Waals surface area contributed by atoms with Gasteiger partial charge in [0.15, 0.2) is 0 Å². The minimum Gasteiger partial charge on any atom is -0.315 e. The molecule has 0 aliphatic heterocycles. The average Bonchev–Trinajstić information content (AvgIpc) is 2.66. The van der Waals surface area contributed by atoms with Crippen LogP contribution in [-0.4, -0.2) is 22.4 Å².